The fraction of sp³-hybridized carbons (Fsp3) is 0.442. The number of carbonyl (C=O) groups excluding carboxylic acids is 15. The predicted molar refractivity (Wildman–Crippen MR) is 494 cm³/mol. The number of rotatable bonds is 22. The Bertz CT molecular complexity index is 5150. The number of aliphatic hydroxyl groups excluding tert-OH is 1. The van der Waals surface area contributed by atoms with Gasteiger partial charge in [-0.2, -0.15) is 0 Å². The minimum Gasteiger partial charge on any atom is -0.508 e. The Kier molecular flexibility index (Phi) is 36.9. The number of carbonyl (C=O) groups is 15. The molecule has 6 aromatic carbocycles. The number of aliphatic hydroxyl groups is 1. The standard InChI is InChI=1S/C95H120N16O18S2/c1-9-10-31-76-94(128)111-55-131-53-79(111)90(124)104-73(51-112)87(121)106-82(57(4)5)95(129)108(7)77(46-59-25-16-12-17-26-59)89(123)103-72(45-62-35-39-65(114)40-36-62)92(126)110-41-22-32-75(110)88(122)102-70(48-63-49-97-67-30-21-20-29-66(63)67)86(120)101-69(43-61-33-37-64(113)38-34-61)85(119)100-68(42-56(2)3)84(118)105-74(83(117)98-50-80(96)115)52-130-54-81(116)99-71(44-58-23-14-11-15-24-58)91(125)109(8)78(93(127)107(76)6)47-60-27-18-13-19-28-60/h11-21,23-30,33-40,49,56-57,68-79,82,97,112-114H,9-10,22,31-32,41-48,50-55H2,1-8H3,(H2,96,115)(H,98,117)(H,99,116)(H,100,119)(H,101,120)(H,102,122)(H,103,123)(H,104,124)(H,105,118)(H,106,121)/t68-,69-,70-,71-,72-,73-,74-,75+,76-,77?,78-,79+,82-/m0/s1. The number of nitrogens with zero attached hydrogens (tertiary/aromatic N) is 5. The third kappa shape index (κ3) is 27.9. The number of thioether (sulfide) groups is 2. The molecule has 4 heterocycles. The molecule has 3 saturated heterocycles. The molecular formula is C95H120N16O18S2. The summed E-state index contributed by atoms with van der Waals surface area (Å²) in [5.74, 6) is -14.7. The number of para-hydroxylation sites is 1. The third-order valence-corrected chi connectivity index (χ3v) is 25.7. The zero-order valence-corrected chi connectivity index (χ0v) is 76.5. The molecule has 15 amide bonds. The quantitative estimate of drug-likeness (QED) is 0.0464. The molecule has 3 fully saturated rings. The lowest BCUT2D eigenvalue weighted by Gasteiger charge is -2.37. The summed E-state index contributed by atoms with van der Waals surface area (Å²) in [6, 6.07) is 26.0. The molecule has 1 unspecified atom stereocenters. The maximum atomic E-state index is 15.8. The van der Waals surface area contributed by atoms with E-state index in [-0.39, 0.29) is 106 Å². The van der Waals surface area contributed by atoms with E-state index in [9.17, 15) is 39.3 Å². The highest BCUT2D eigenvalue weighted by Gasteiger charge is 2.46. The number of amides is 15. The van der Waals surface area contributed by atoms with Crippen LogP contribution in [0.4, 0.5) is 0 Å². The fourth-order valence-corrected chi connectivity index (χ4v) is 18.3. The number of phenolic OH excluding ortho intramolecular Hbond substituents is 2. The van der Waals surface area contributed by atoms with Crippen LogP contribution in [0.15, 0.2) is 170 Å². The summed E-state index contributed by atoms with van der Waals surface area (Å²) in [5.41, 5.74) is 9.36. The molecule has 0 bridgehead atoms. The molecule has 0 saturated carbocycles. The number of nitrogens with two attached hydrogens (primary N) is 1. The molecule has 0 aliphatic carbocycles. The number of aromatic amines is 1. The van der Waals surface area contributed by atoms with E-state index in [1.54, 1.807) is 149 Å². The molecule has 3 aliphatic rings. The Labute approximate surface area is 770 Å². The first kappa shape index (κ1) is 100. The van der Waals surface area contributed by atoms with Crippen molar-refractivity contribution in [1.82, 2.24) is 77.3 Å². The number of benzene rings is 6. The van der Waals surface area contributed by atoms with E-state index in [2.05, 4.69) is 52.8 Å². The van der Waals surface area contributed by atoms with Crippen molar-refractivity contribution >= 4 is 123 Å². The van der Waals surface area contributed by atoms with Crippen LogP contribution in [0, 0.1) is 11.8 Å². The average molecular weight is 1840 g/mol. The van der Waals surface area contributed by atoms with E-state index in [0.29, 0.717) is 57.1 Å². The van der Waals surface area contributed by atoms with Crippen LogP contribution in [0.2, 0.25) is 0 Å². The fourth-order valence-electron chi connectivity index (χ4n) is 16.3. The molecule has 10 rings (SSSR count). The first-order valence-corrected chi connectivity index (χ1v) is 46.4. The number of primary amides is 1. The number of nitrogens with one attached hydrogen (secondary N) is 10. The van der Waals surface area contributed by atoms with Gasteiger partial charge in [0.05, 0.1) is 24.8 Å². The van der Waals surface area contributed by atoms with Gasteiger partial charge in [0.15, 0.2) is 0 Å². The molecule has 3 aliphatic heterocycles. The summed E-state index contributed by atoms with van der Waals surface area (Å²) in [5, 5.41) is 57.3. The maximum Gasteiger partial charge on any atom is 0.246 e. The van der Waals surface area contributed by atoms with Crippen molar-refractivity contribution in [2.45, 2.75) is 190 Å². The molecule has 15 N–H and O–H groups in total. The van der Waals surface area contributed by atoms with Gasteiger partial charge in [0.1, 0.15) is 90.0 Å². The van der Waals surface area contributed by atoms with Crippen molar-refractivity contribution in [3.8, 4) is 11.5 Å². The van der Waals surface area contributed by atoms with Crippen LogP contribution in [0.1, 0.15) is 107 Å². The zero-order valence-electron chi connectivity index (χ0n) is 74.9. The number of hydrogen-bond acceptors (Lipinski definition) is 20. The summed E-state index contributed by atoms with van der Waals surface area (Å²) >= 11 is 2.07. The largest absolute Gasteiger partial charge is 0.508 e. The van der Waals surface area contributed by atoms with Crippen LogP contribution >= 0.6 is 23.5 Å². The lowest BCUT2D eigenvalue weighted by Crippen LogP contribution is -2.62. The number of likely N-dealkylation sites (N-methyl/N-ethyl adjacent to an activating group) is 3. The summed E-state index contributed by atoms with van der Waals surface area (Å²) in [6.07, 6.45) is 1.83. The van der Waals surface area contributed by atoms with Crippen LogP contribution in [0.3, 0.4) is 0 Å². The second kappa shape index (κ2) is 48.2. The van der Waals surface area contributed by atoms with Crippen molar-refractivity contribution in [2.24, 2.45) is 17.6 Å². The Morgan fingerprint density at radius 1 is 0.473 bits per heavy atom. The van der Waals surface area contributed by atoms with Gasteiger partial charge in [0.2, 0.25) is 88.6 Å². The zero-order chi connectivity index (χ0) is 94.7. The molecule has 0 spiro atoms. The van der Waals surface area contributed by atoms with Crippen molar-refractivity contribution in [2.75, 3.05) is 64.0 Å². The molecule has 7 aromatic rings. The second-order valence-electron chi connectivity index (χ2n) is 34.2. The van der Waals surface area contributed by atoms with Gasteiger partial charge in [-0.3, -0.25) is 71.9 Å². The highest BCUT2D eigenvalue weighted by Crippen LogP contribution is 2.29. The second-order valence-corrected chi connectivity index (χ2v) is 36.2. The summed E-state index contributed by atoms with van der Waals surface area (Å²) in [4.78, 5) is 235. The van der Waals surface area contributed by atoms with E-state index in [1.165, 1.54) is 101 Å². The van der Waals surface area contributed by atoms with Gasteiger partial charge in [0.25, 0.3) is 0 Å². The van der Waals surface area contributed by atoms with E-state index in [4.69, 9.17) is 5.73 Å². The topological polar surface area (TPSA) is 483 Å². The van der Waals surface area contributed by atoms with Gasteiger partial charge in [-0.15, -0.1) is 23.5 Å². The van der Waals surface area contributed by atoms with E-state index >= 15 is 47.9 Å². The predicted octanol–water partition coefficient (Wildman–Crippen LogP) is 2.82. The highest BCUT2D eigenvalue weighted by atomic mass is 32.2. The monoisotopic (exact) mass is 1840 g/mol. The third-order valence-electron chi connectivity index (χ3n) is 23.6. The van der Waals surface area contributed by atoms with Gasteiger partial charge < -0.3 is 98.4 Å². The minimum atomic E-state index is -1.74. The van der Waals surface area contributed by atoms with Crippen LogP contribution in [-0.2, 0) is 110 Å². The first-order chi connectivity index (χ1) is 62.7. The van der Waals surface area contributed by atoms with Crippen molar-refractivity contribution in [1.29, 1.82) is 0 Å². The molecule has 131 heavy (non-hydrogen) atoms. The molecule has 13 atom stereocenters. The summed E-state index contributed by atoms with van der Waals surface area (Å²) in [6.45, 7) is 6.96. The number of aromatic nitrogens is 1. The van der Waals surface area contributed by atoms with Crippen molar-refractivity contribution in [3.05, 3.63) is 203 Å². The summed E-state index contributed by atoms with van der Waals surface area (Å²) < 4.78 is 0. The molecule has 0 radical (unpaired) electrons. The van der Waals surface area contributed by atoms with E-state index in [1.807, 2.05) is 6.92 Å². The molecule has 34 nitrogen and oxygen atoms in total. The normalized spacial score (nSPS) is 23.8. The van der Waals surface area contributed by atoms with Crippen LogP contribution < -0.4 is 53.6 Å². The lowest BCUT2D eigenvalue weighted by molar-refractivity contribution is -0.152. The van der Waals surface area contributed by atoms with Gasteiger partial charge in [-0.25, -0.2) is 0 Å². The van der Waals surface area contributed by atoms with Gasteiger partial charge in [-0.05, 0) is 101 Å². The highest BCUT2D eigenvalue weighted by molar-refractivity contribution is 8.00. The molecule has 1 aromatic heterocycles. The lowest BCUT2D eigenvalue weighted by atomic mass is 9.98. The molecular weight excluding hydrogens is 1720 g/mol. The van der Waals surface area contributed by atoms with Crippen LogP contribution in [-0.4, -0.2) is 276 Å². The smallest absolute Gasteiger partial charge is 0.246 e. The number of fused-ring (bicyclic) bond motifs is 3. The maximum absolute atomic E-state index is 15.8. The Morgan fingerprint density at radius 3 is 1.54 bits per heavy atom. The summed E-state index contributed by atoms with van der Waals surface area (Å²) in [7, 11) is 4.18. The number of phenols is 2. The molecule has 700 valence electrons. The van der Waals surface area contributed by atoms with Crippen LogP contribution in [0.5, 0.6) is 11.5 Å². The average Bonchev–Trinajstić information content (AvgIpc) is 1.79. The number of H-pyrrole nitrogens is 1. The molecule has 36 heteroatoms. The number of unbranched alkanes of at least 4 members (excludes halogenated alkanes) is 1. The van der Waals surface area contributed by atoms with Gasteiger partial charge in [0, 0.05) is 94.8 Å². The van der Waals surface area contributed by atoms with Gasteiger partial charge >= 0.3 is 0 Å². The Morgan fingerprint density at radius 2 is 0.962 bits per heavy atom. The number of aromatic hydroxyl groups is 2. The van der Waals surface area contributed by atoms with Crippen molar-refractivity contribution in [3.63, 3.8) is 0 Å². The number of hydrogen-bond donors (Lipinski definition) is 14. The Balaban J connectivity index is 1.04. The minimum absolute atomic E-state index is 0.0108. The SMILES string of the molecule is CCCC[C@H]1C(=O)N2CSC[C@@H]2C(=O)N[C@@H](CO)C(=O)N[C@@H](C(C)C)C(=O)N(C)C(Cc2ccccc2)C(=O)N[C@@H](Cc2ccc(O)cc2)C(=O)N2CCC[C@@H]2C(=O)N[C@@H](Cc2c[nH]c3ccccc23)C(=O)N[C@@H](Cc2ccc(O)cc2)C(=O)N[C@@H](CC(C)C)C(=O)N[C@H](C(=O)NCC(N)=O)CSCC(=O)N[C@@H](Cc2ccccc2)C(=O)N(C)[C@@H](Cc2ccccc2)C(=O)N1C. The Hall–Kier alpha value is -12.8. The van der Waals surface area contributed by atoms with Crippen LogP contribution in [0.25, 0.3) is 10.9 Å². The van der Waals surface area contributed by atoms with Gasteiger partial charge in [-0.1, -0.05) is 181 Å². The first-order valence-electron chi connectivity index (χ1n) is 44.1. The van der Waals surface area contributed by atoms with E-state index in [0.717, 1.165) is 16.7 Å². The van der Waals surface area contributed by atoms with Crippen molar-refractivity contribution < 1.29 is 87.2 Å². The van der Waals surface area contributed by atoms with E-state index < -0.39 is 192 Å².